The van der Waals surface area contributed by atoms with Crippen LogP contribution in [0.1, 0.15) is 22.3 Å². The lowest BCUT2D eigenvalue weighted by molar-refractivity contribution is 0.0651. The van der Waals surface area contributed by atoms with Crippen molar-refractivity contribution in [3.8, 4) is 0 Å². The number of amides is 1. The van der Waals surface area contributed by atoms with Gasteiger partial charge in [0.05, 0.1) is 0 Å². The first-order chi connectivity index (χ1) is 6.70. The maximum absolute atomic E-state index is 11.9. The van der Waals surface area contributed by atoms with E-state index in [9.17, 15) is 4.79 Å². The van der Waals surface area contributed by atoms with E-state index in [2.05, 4.69) is 15.9 Å². The van der Waals surface area contributed by atoms with Gasteiger partial charge >= 0.3 is 0 Å². The molecule has 74 valence electrons. The van der Waals surface area contributed by atoms with Crippen LogP contribution in [-0.4, -0.2) is 23.9 Å². The third kappa shape index (κ3) is 1.57. The van der Waals surface area contributed by atoms with E-state index in [0.29, 0.717) is 0 Å². The van der Waals surface area contributed by atoms with Gasteiger partial charge in [-0.25, -0.2) is 0 Å². The van der Waals surface area contributed by atoms with E-state index >= 15 is 0 Å². The van der Waals surface area contributed by atoms with E-state index in [1.165, 1.54) is 0 Å². The van der Waals surface area contributed by atoms with Crippen LogP contribution in [0.15, 0.2) is 22.7 Å². The fourth-order valence-electron chi connectivity index (χ4n) is 1.53. The number of rotatable bonds is 1. The summed E-state index contributed by atoms with van der Waals surface area (Å²) in [6, 6.07) is 5.76. The second-order valence-electron chi connectivity index (χ2n) is 3.56. The Bertz CT molecular complexity index is 372. The first-order valence-corrected chi connectivity index (χ1v) is 5.54. The summed E-state index contributed by atoms with van der Waals surface area (Å²) in [5.74, 6) is 0.162. The van der Waals surface area contributed by atoms with Crippen molar-refractivity contribution in [3.63, 3.8) is 0 Å². The topological polar surface area (TPSA) is 20.3 Å². The molecule has 1 amide bonds. The van der Waals surface area contributed by atoms with E-state index in [-0.39, 0.29) is 5.91 Å². The highest BCUT2D eigenvalue weighted by molar-refractivity contribution is 9.10. The Kier molecular flexibility index (Phi) is 2.59. The largest absolute Gasteiger partial charge is 0.339 e. The van der Waals surface area contributed by atoms with Gasteiger partial charge in [-0.3, -0.25) is 4.79 Å². The molecule has 0 spiro atoms. The molecular formula is C11H12BrNO. The molecule has 0 saturated carbocycles. The van der Waals surface area contributed by atoms with Gasteiger partial charge in [-0.15, -0.1) is 0 Å². The van der Waals surface area contributed by atoms with E-state index in [4.69, 9.17) is 0 Å². The zero-order valence-corrected chi connectivity index (χ0v) is 9.67. The maximum atomic E-state index is 11.9. The van der Waals surface area contributed by atoms with E-state index in [0.717, 1.165) is 35.1 Å². The molecule has 1 aliphatic heterocycles. The molecule has 14 heavy (non-hydrogen) atoms. The van der Waals surface area contributed by atoms with Gasteiger partial charge < -0.3 is 4.90 Å². The van der Waals surface area contributed by atoms with E-state index < -0.39 is 0 Å². The highest BCUT2D eigenvalue weighted by atomic mass is 79.9. The van der Waals surface area contributed by atoms with Gasteiger partial charge in [0.1, 0.15) is 0 Å². The zero-order valence-electron chi connectivity index (χ0n) is 8.09. The van der Waals surface area contributed by atoms with Crippen molar-refractivity contribution in [1.29, 1.82) is 0 Å². The molecule has 0 atom stereocenters. The molecule has 1 fully saturated rings. The van der Waals surface area contributed by atoms with Crippen molar-refractivity contribution in [2.75, 3.05) is 13.1 Å². The van der Waals surface area contributed by atoms with Crippen LogP contribution in [0, 0.1) is 6.92 Å². The monoisotopic (exact) mass is 253 g/mol. The number of carbonyl (C=O) groups is 1. The molecule has 1 aromatic carbocycles. The Hall–Kier alpha value is -0.830. The minimum absolute atomic E-state index is 0.162. The van der Waals surface area contributed by atoms with Crippen molar-refractivity contribution < 1.29 is 4.79 Å². The van der Waals surface area contributed by atoms with Crippen molar-refractivity contribution >= 4 is 21.8 Å². The summed E-state index contributed by atoms with van der Waals surface area (Å²) in [6.45, 7) is 3.78. The van der Waals surface area contributed by atoms with Gasteiger partial charge in [0.15, 0.2) is 0 Å². The van der Waals surface area contributed by atoms with Crippen LogP contribution in [0.5, 0.6) is 0 Å². The number of nitrogens with zero attached hydrogens (tertiary/aromatic N) is 1. The van der Waals surface area contributed by atoms with Gasteiger partial charge in [-0.1, -0.05) is 22.0 Å². The molecule has 1 heterocycles. The minimum Gasteiger partial charge on any atom is -0.339 e. The summed E-state index contributed by atoms with van der Waals surface area (Å²) < 4.78 is 1.00. The molecule has 0 N–H and O–H groups in total. The summed E-state index contributed by atoms with van der Waals surface area (Å²) in [4.78, 5) is 13.8. The quantitative estimate of drug-likeness (QED) is 0.754. The van der Waals surface area contributed by atoms with Crippen molar-refractivity contribution in [1.82, 2.24) is 4.90 Å². The molecule has 0 aliphatic carbocycles. The number of benzene rings is 1. The standard InChI is InChI=1S/C11H12BrNO/c1-8-9(4-2-5-10(8)12)11(14)13-6-3-7-13/h2,4-5H,3,6-7H2,1H3. The Balaban J connectivity index is 2.31. The third-order valence-electron chi connectivity index (χ3n) is 2.64. The zero-order chi connectivity index (χ0) is 10.1. The summed E-state index contributed by atoms with van der Waals surface area (Å²) in [7, 11) is 0. The van der Waals surface area contributed by atoms with Crippen molar-refractivity contribution in [3.05, 3.63) is 33.8 Å². The van der Waals surface area contributed by atoms with Crippen LogP contribution in [0.3, 0.4) is 0 Å². The molecule has 2 rings (SSSR count). The Morgan fingerprint density at radius 1 is 1.43 bits per heavy atom. The highest BCUT2D eigenvalue weighted by Gasteiger charge is 2.22. The van der Waals surface area contributed by atoms with Crippen LogP contribution in [0.4, 0.5) is 0 Å². The third-order valence-corrected chi connectivity index (χ3v) is 3.50. The fraction of sp³-hybridized carbons (Fsp3) is 0.364. The first-order valence-electron chi connectivity index (χ1n) is 4.74. The average Bonchev–Trinajstić information content (AvgIpc) is 2.06. The second kappa shape index (κ2) is 3.73. The minimum atomic E-state index is 0.162. The summed E-state index contributed by atoms with van der Waals surface area (Å²) in [5.41, 5.74) is 1.85. The SMILES string of the molecule is Cc1c(Br)cccc1C(=O)N1CCC1. The molecule has 3 heteroatoms. The Morgan fingerprint density at radius 2 is 2.14 bits per heavy atom. The number of carbonyl (C=O) groups excluding carboxylic acids is 1. The summed E-state index contributed by atoms with van der Waals surface area (Å²) >= 11 is 3.43. The normalized spacial score (nSPS) is 15.1. The molecule has 0 bridgehead atoms. The fourth-order valence-corrected chi connectivity index (χ4v) is 1.90. The van der Waals surface area contributed by atoms with E-state index in [1.54, 1.807) is 0 Å². The molecule has 0 unspecified atom stereocenters. The second-order valence-corrected chi connectivity index (χ2v) is 4.41. The Morgan fingerprint density at radius 3 is 2.71 bits per heavy atom. The predicted octanol–water partition coefficient (Wildman–Crippen LogP) is 2.60. The Labute approximate surface area is 92.0 Å². The van der Waals surface area contributed by atoms with Crippen molar-refractivity contribution in [2.45, 2.75) is 13.3 Å². The molecule has 2 nitrogen and oxygen atoms in total. The van der Waals surface area contributed by atoms with Crippen LogP contribution in [0.2, 0.25) is 0 Å². The van der Waals surface area contributed by atoms with Gasteiger partial charge in [0.25, 0.3) is 5.91 Å². The maximum Gasteiger partial charge on any atom is 0.254 e. The molecule has 1 aromatic rings. The van der Waals surface area contributed by atoms with Gasteiger partial charge in [0, 0.05) is 23.1 Å². The smallest absolute Gasteiger partial charge is 0.254 e. The predicted molar refractivity (Wildman–Crippen MR) is 59.4 cm³/mol. The van der Waals surface area contributed by atoms with Gasteiger partial charge in [0.2, 0.25) is 0 Å². The average molecular weight is 254 g/mol. The lowest BCUT2D eigenvalue weighted by Crippen LogP contribution is -2.42. The number of halogens is 1. The molecule has 1 saturated heterocycles. The van der Waals surface area contributed by atoms with Crippen LogP contribution >= 0.6 is 15.9 Å². The number of likely N-dealkylation sites (tertiary alicyclic amines) is 1. The van der Waals surface area contributed by atoms with Crippen molar-refractivity contribution in [2.24, 2.45) is 0 Å². The van der Waals surface area contributed by atoms with E-state index in [1.807, 2.05) is 30.0 Å². The first kappa shape index (κ1) is 9.71. The molecule has 0 aromatic heterocycles. The lowest BCUT2D eigenvalue weighted by atomic mass is 10.1. The number of hydrogen-bond donors (Lipinski definition) is 0. The van der Waals surface area contributed by atoms with Crippen LogP contribution in [-0.2, 0) is 0 Å². The van der Waals surface area contributed by atoms with Gasteiger partial charge in [-0.2, -0.15) is 0 Å². The molecule has 0 radical (unpaired) electrons. The summed E-state index contributed by atoms with van der Waals surface area (Å²) in [6.07, 6.45) is 1.14. The molecule has 1 aliphatic rings. The highest BCUT2D eigenvalue weighted by Crippen LogP contribution is 2.22. The van der Waals surface area contributed by atoms with Gasteiger partial charge in [-0.05, 0) is 31.0 Å². The lowest BCUT2D eigenvalue weighted by Gasteiger charge is -2.31. The van der Waals surface area contributed by atoms with Crippen LogP contribution < -0.4 is 0 Å². The van der Waals surface area contributed by atoms with Crippen LogP contribution in [0.25, 0.3) is 0 Å². The summed E-state index contributed by atoms with van der Waals surface area (Å²) in [5, 5.41) is 0. The number of hydrogen-bond acceptors (Lipinski definition) is 1. The molecular weight excluding hydrogens is 242 g/mol.